The number of carbonyl (C=O) groups excluding carboxylic acids is 1. The zero-order valence-electron chi connectivity index (χ0n) is 15.0. The Balaban J connectivity index is 1.43. The number of para-hydroxylation sites is 1. The van der Waals surface area contributed by atoms with Crippen LogP contribution in [0, 0.1) is 0 Å². The Morgan fingerprint density at radius 1 is 1.11 bits per heavy atom. The maximum absolute atomic E-state index is 12.4. The van der Waals surface area contributed by atoms with Gasteiger partial charge in [0.2, 0.25) is 5.89 Å². The highest BCUT2D eigenvalue weighted by Gasteiger charge is 2.16. The molecule has 4 rings (SSSR count). The Morgan fingerprint density at radius 2 is 1.89 bits per heavy atom. The molecule has 0 spiro atoms. The van der Waals surface area contributed by atoms with Gasteiger partial charge in [-0.2, -0.15) is 0 Å². The van der Waals surface area contributed by atoms with Crippen LogP contribution in [0.1, 0.15) is 46.6 Å². The molecule has 0 aliphatic carbocycles. The lowest BCUT2D eigenvalue weighted by Gasteiger charge is -2.05. The first-order valence-electron chi connectivity index (χ1n) is 8.66. The van der Waals surface area contributed by atoms with E-state index in [1.807, 2.05) is 24.3 Å². The maximum Gasteiger partial charge on any atom is 0.322 e. The predicted molar refractivity (Wildman–Crippen MR) is 105 cm³/mol. The molecule has 1 N–H and O–H groups in total. The van der Waals surface area contributed by atoms with Crippen LogP contribution in [-0.2, 0) is 6.42 Å². The fourth-order valence-corrected chi connectivity index (χ4v) is 3.55. The Bertz CT molecular complexity index is 1050. The number of carbonyl (C=O) groups is 1. The molecule has 0 radical (unpaired) electrons. The Hall–Kier alpha value is -3.06. The first-order chi connectivity index (χ1) is 13.1. The van der Waals surface area contributed by atoms with Crippen molar-refractivity contribution in [1.82, 2.24) is 15.2 Å². The van der Waals surface area contributed by atoms with Gasteiger partial charge in [-0.1, -0.05) is 55.3 Å². The van der Waals surface area contributed by atoms with Crippen molar-refractivity contribution in [2.24, 2.45) is 0 Å². The molecule has 0 atom stereocenters. The van der Waals surface area contributed by atoms with Crippen LogP contribution in [-0.4, -0.2) is 21.1 Å². The van der Waals surface area contributed by atoms with Crippen molar-refractivity contribution in [2.45, 2.75) is 26.2 Å². The summed E-state index contributed by atoms with van der Waals surface area (Å²) in [5.41, 5.74) is 3.16. The molecule has 0 saturated heterocycles. The average molecular weight is 378 g/mol. The Labute approximate surface area is 160 Å². The lowest BCUT2D eigenvalue weighted by Crippen LogP contribution is -2.11. The molecule has 4 aromatic rings. The molecule has 136 valence electrons. The highest BCUT2D eigenvalue weighted by molar-refractivity contribution is 7.20. The number of anilines is 1. The minimum absolute atomic E-state index is 0.0769. The highest BCUT2D eigenvalue weighted by atomic mass is 32.1. The van der Waals surface area contributed by atoms with E-state index in [1.54, 1.807) is 0 Å². The van der Waals surface area contributed by atoms with Crippen molar-refractivity contribution in [3.63, 3.8) is 0 Å². The summed E-state index contributed by atoms with van der Waals surface area (Å²) in [6.07, 6.45) is 0.516. The number of rotatable bonds is 5. The molecule has 1 amide bonds. The van der Waals surface area contributed by atoms with Gasteiger partial charge in [0.05, 0.1) is 16.6 Å². The molecule has 0 saturated carbocycles. The van der Waals surface area contributed by atoms with Gasteiger partial charge in [0, 0.05) is 0 Å². The van der Waals surface area contributed by atoms with E-state index in [0.717, 1.165) is 15.8 Å². The van der Waals surface area contributed by atoms with Crippen molar-refractivity contribution >= 4 is 33.5 Å². The number of amides is 1. The topological polar surface area (TPSA) is 80.9 Å². The van der Waals surface area contributed by atoms with Crippen LogP contribution in [0.25, 0.3) is 10.2 Å². The summed E-state index contributed by atoms with van der Waals surface area (Å²) >= 11 is 1.32. The molecular formula is C20H18N4O2S. The Morgan fingerprint density at radius 3 is 2.63 bits per heavy atom. The minimum atomic E-state index is -0.354. The summed E-state index contributed by atoms with van der Waals surface area (Å²) in [5, 5.41) is 10.9. The first kappa shape index (κ1) is 17.4. The van der Waals surface area contributed by atoms with Crippen molar-refractivity contribution in [3.8, 4) is 0 Å². The quantitative estimate of drug-likeness (QED) is 0.547. The second kappa shape index (κ2) is 7.28. The monoisotopic (exact) mass is 378 g/mol. The normalized spacial score (nSPS) is 11.2. The number of fused-ring (bicyclic) bond motifs is 1. The molecule has 2 aromatic heterocycles. The number of nitrogens with one attached hydrogen (secondary N) is 1. The van der Waals surface area contributed by atoms with Crippen LogP contribution < -0.4 is 5.32 Å². The fraction of sp³-hybridized carbons (Fsp3) is 0.200. The maximum atomic E-state index is 12.4. The number of thiazole rings is 1. The summed E-state index contributed by atoms with van der Waals surface area (Å²) in [6.45, 7) is 4.32. The average Bonchev–Trinajstić information content (AvgIpc) is 3.29. The summed E-state index contributed by atoms with van der Waals surface area (Å²) < 4.78 is 6.51. The smallest absolute Gasteiger partial charge is 0.322 e. The van der Waals surface area contributed by atoms with E-state index in [1.165, 1.54) is 16.9 Å². The van der Waals surface area contributed by atoms with E-state index >= 15 is 0 Å². The van der Waals surface area contributed by atoms with E-state index in [4.69, 9.17) is 4.42 Å². The molecular weight excluding hydrogens is 360 g/mol. The van der Waals surface area contributed by atoms with Crippen LogP contribution >= 0.6 is 11.3 Å². The minimum Gasteiger partial charge on any atom is -0.407 e. The third-order valence-electron chi connectivity index (χ3n) is 4.18. The van der Waals surface area contributed by atoms with E-state index in [0.29, 0.717) is 23.2 Å². The van der Waals surface area contributed by atoms with Gasteiger partial charge in [-0.15, -0.1) is 16.4 Å². The summed E-state index contributed by atoms with van der Waals surface area (Å²) in [4.78, 5) is 16.7. The van der Waals surface area contributed by atoms with E-state index in [-0.39, 0.29) is 11.9 Å². The van der Waals surface area contributed by atoms with Crippen molar-refractivity contribution < 1.29 is 9.21 Å². The third kappa shape index (κ3) is 3.88. The number of hydrogen-bond acceptors (Lipinski definition) is 6. The standard InChI is InChI=1S/C20H18N4O2S/c1-12(2)14-9-7-13(8-10-14)11-17-23-24-20(26-17)22-18(25)19-21-15-5-3-4-6-16(15)27-19/h3-10,12H,11H2,1-2H3,(H,22,24,25). The largest absolute Gasteiger partial charge is 0.407 e. The molecule has 27 heavy (non-hydrogen) atoms. The molecule has 2 aromatic carbocycles. The van der Waals surface area contributed by atoms with Crippen LogP contribution in [0.15, 0.2) is 52.9 Å². The van der Waals surface area contributed by atoms with Gasteiger partial charge in [-0.25, -0.2) is 4.98 Å². The van der Waals surface area contributed by atoms with E-state index in [2.05, 4.69) is 58.6 Å². The molecule has 0 aliphatic rings. The van der Waals surface area contributed by atoms with Gasteiger partial charge in [0.15, 0.2) is 5.01 Å². The lowest BCUT2D eigenvalue weighted by atomic mass is 10.0. The molecule has 0 fully saturated rings. The second-order valence-electron chi connectivity index (χ2n) is 6.51. The number of benzene rings is 2. The van der Waals surface area contributed by atoms with Gasteiger partial charge in [-0.3, -0.25) is 10.1 Å². The van der Waals surface area contributed by atoms with Gasteiger partial charge in [-0.05, 0) is 29.2 Å². The van der Waals surface area contributed by atoms with Crippen LogP contribution in [0.4, 0.5) is 6.01 Å². The van der Waals surface area contributed by atoms with Gasteiger partial charge >= 0.3 is 6.01 Å². The summed E-state index contributed by atoms with van der Waals surface area (Å²) in [5.74, 6) is 0.589. The number of aromatic nitrogens is 3. The number of nitrogens with zero attached hydrogens (tertiary/aromatic N) is 3. The van der Waals surface area contributed by atoms with Crippen LogP contribution in [0.2, 0.25) is 0 Å². The van der Waals surface area contributed by atoms with Crippen molar-refractivity contribution in [1.29, 1.82) is 0 Å². The molecule has 0 unspecified atom stereocenters. The molecule has 0 bridgehead atoms. The number of hydrogen-bond donors (Lipinski definition) is 1. The first-order valence-corrected chi connectivity index (χ1v) is 9.48. The predicted octanol–water partition coefficient (Wildman–Crippen LogP) is 4.65. The summed E-state index contributed by atoms with van der Waals surface area (Å²) in [6, 6.07) is 16.0. The highest BCUT2D eigenvalue weighted by Crippen LogP contribution is 2.22. The Kier molecular flexibility index (Phi) is 4.68. The molecule has 2 heterocycles. The molecule has 7 heteroatoms. The van der Waals surface area contributed by atoms with Gasteiger partial charge < -0.3 is 4.42 Å². The zero-order valence-corrected chi connectivity index (χ0v) is 15.8. The zero-order chi connectivity index (χ0) is 18.8. The molecule has 6 nitrogen and oxygen atoms in total. The van der Waals surface area contributed by atoms with Crippen molar-refractivity contribution in [2.75, 3.05) is 5.32 Å². The van der Waals surface area contributed by atoms with Crippen LogP contribution in [0.5, 0.6) is 0 Å². The summed E-state index contributed by atoms with van der Waals surface area (Å²) in [7, 11) is 0. The third-order valence-corrected chi connectivity index (χ3v) is 5.21. The van der Waals surface area contributed by atoms with Crippen LogP contribution in [0.3, 0.4) is 0 Å². The van der Waals surface area contributed by atoms with Gasteiger partial charge in [0.1, 0.15) is 0 Å². The van der Waals surface area contributed by atoms with E-state index in [9.17, 15) is 4.79 Å². The second-order valence-corrected chi connectivity index (χ2v) is 7.55. The lowest BCUT2D eigenvalue weighted by molar-refractivity contribution is 0.102. The van der Waals surface area contributed by atoms with Gasteiger partial charge in [0.25, 0.3) is 5.91 Å². The van der Waals surface area contributed by atoms with E-state index < -0.39 is 0 Å². The van der Waals surface area contributed by atoms with Crippen molar-refractivity contribution in [3.05, 3.63) is 70.6 Å². The fourth-order valence-electron chi connectivity index (χ4n) is 2.69. The SMILES string of the molecule is CC(C)c1ccc(Cc2nnc(NC(=O)c3nc4ccccc4s3)o2)cc1. The molecule has 0 aliphatic heterocycles.